The number of hydrogen-bond acceptors (Lipinski definition) is 4. The molecule has 27 heavy (non-hydrogen) atoms. The number of carbonyl (C=O) groups excluding carboxylic acids is 2. The number of amides is 2. The number of benzene rings is 2. The molecule has 144 valence electrons. The van der Waals surface area contributed by atoms with Gasteiger partial charge < -0.3 is 20.3 Å². The smallest absolute Gasteiger partial charge is 0.255 e. The predicted octanol–water partition coefficient (Wildman–Crippen LogP) is 3.22. The Balaban J connectivity index is 1.97. The van der Waals surface area contributed by atoms with E-state index in [0.29, 0.717) is 11.3 Å². The first-order chi connectivity index (χ1) is 13.0. The number of rotatable bonds is 8. The molecule has 0 saturated carbocycles. The van der Waals surface area contributed by atoms with Crippen LogP contribution in [-0.4, -0.2) is 38.6 Å². The average molecular weight is 369 g/mol. The van der Waals surface area contributed by atoms with Gasteiger partial charge in [-0.2, -0.15) is 0 Å². The maximum Gasteiger partial charge on any atom is 0.255 e. The molecule has 2 aromatic carbocycles. The topological polar surface area (TPSA) is 70.7 Å². The van der Waals surface area contributed by atoms with Crippen LogP contribution in [0.4, 0.5) is 11.4 Å². The van der Waals surface area contributed by atoms with Crippen LogP contribution in [-0.2, 0) is 4.79 Å². The van der Waals surface area contributed by atoms with Crippen molar-refractivity contribution in [2.75, 3.05) is 37.0 Å². The third kappa shape index (κ3) is 5.23. The predicted molar refractivity (Wildman–Crippen MR) is 109 cm³/mol. The number of ether oxygens (including phenoxy) is 1. The average Bonchev–Trinajstić information content (AvgIpc) is 2.69. The van der Waals surface area contributed by atoms with Gasteiger partial charge in [-0.05, 0) is 56.7 Å². The molecule has 0 bridgehead atoms. The molecule has 0 aliphatic heterocycles. The van der Waals surface area contributed by atoms with E-state index in [0.717, 1.165) is 30.0 Å². The Morgan fingerprint density at radius 3 is 2.41 bits per heavy atom. The summed E-state index contributed by atoms with van der Waals surface area (Å²) in [5, 5.41) is 5.47. The van der Waals surface area contributed by atoms with Gasteiger partial charge >= 0.3 is 0 Å². The van der Waals surface area contributed by atoms with E-state index in [1.54, 1.807) is 24.3 Å². The summed E-state index contributed by atoms with van der Waals surface area (Å²) < 4.78 is 5.17. The first kappa shape index (κ1) is 20.3. The fraction of sp³-hybridized carbons (Fsp3) is 0.333. The lowest BCUT2D eigenvalue weighted by atomic mass is 10.1. The standard InChI is InChI=1S/C21H27N3O3/c1-5-24(6-2)16-11-12-18(15(3)13-16)23-20(25)14-22-21(26)17-9-7-8-10-19(17)27-4/h7-13H,5-6,14H2,1-4H3,(H,22,26)(H,23,25). The Hall–Kier alpha value is -3.02. The molecule has 0 aliphatic carbocycles. The summed E-state index contributed by atoms with van der Waals surface area (Å²) in [7, 11) is 1.50. The van der Waals surface area contributed by atoms with Crippen LogP contribution >= 0.6 is 0 Å². The molecule has 0 unspecified atom stereocenters. The summed E-state index contributed by atoms with van der Waals surface area (Å²) in [4.78, 5) is 26.7. The first-order valence-electron chi connectivity index (χ1n) is 9.06. The van der Waals surface area contributed by atoms with E-state index in [1.807, 2.05) is 19.1 Å². The first-order valence-corrected chi connectivity index (χ1v) is 9.06. The number of nitrogens with one attached hydrogen (secondary N) is 2. The normalized spacial score (nSPS) is 10.2. The molecule has 2 N–H and O–H groups in total. The molecule has 0 atom stereocenters. The van der Waals surface area contributed by atoms with Gasteiger partial charge in [0.25, 0.3) is 5.91 Å². The quantitative estimate of drug-likeness (QED) is 0.750. The molecule has 2 rings (SSSR count). The summed E-state index contributed by atoms with van der Waals surface area (Å²) >= 11 is 0. The number of anilines is 2. The van der Waals surface area contributed by atoms with Crippen LogP contribution in [0, 0.1) is 6.92 Å². The summed E-state index contributed by atoms with van der Waals surface area (Å²) in [5.74, 6) is -0.161. The zero-order valence-corrected chi connectivity index (χ0v) is 16.3. The van der Waals surface area contributed by atoms with Gasteiger partial charge in [0.15, 0.2) is 0 Å². The summed E-state index contributed by atoms with van der Waals surface area (Å²) in [5.41, 5.74) is 3.23. The van der Waals surface area contributed by atoms with Crippen LogP contribution in [0.25, 0.3) is 0 Å². The Morgan fingerprint density at radius 1 is 1.07 bits per heavy atom. The lowest BCUT2D eigenvalue weighted by Gasteiger charge is -2.22. The second kappa shape index (κ2) is 9.62. The summed E-state index contributed by atoms with van der Waals surface area (Å²) in [6.45, 7) is 7.91. The molecule has 2 amide bonds. The van der Waals surface area contributed by atoms with Crippen LogP contribution in [0.15, 0.2) is 42.5 Å². The van der Waals surface area contributed by atoms with Gasteiger partial charge in [-0.25, -0.2) is 0 Å². The largest absolute Gasteiger partial charge is 0.496 e. The minimum atomic E-state index is -0.351. The Labute approximate surface area is 160 Å². The van der Waals surface area contributed by atoms with Crippen molar-refractivity contribution in [2.24, 2.45) is 0 Å². The molecule has 0 heterocycles. The number of para-hydroxylation sites is 1. The van der Waals surface area contributed by atoms with Crippen molar-refractivity contribution in [3.63, 3.8) is 0 Å². The molecule has 6 nitrogen and oxygen atoms in total. The summed E-state index contributed by atoms with van der Waals surface area (Å²) in [6.07, 6.45) is 0. The van der Waals surface area contributed by atoms with Crippen molar-refractivity contribution in [3.8, 4) is 5.75 Å². The third-order valence-electron chi connectivity index (χ3n) is 4.37. The van der Waals surface area contributed by atoms with E-state index in [1.165, 1.54) is 7.11 Å². The Bertz CT molecular complexity index is 801. The van der Waals surface area contributed by atoms with Crippen molar-refractivity contribution < 1.29 is 14.3 Å². The van der Waals surface area contributed by atoms with Crippen molar-refractivity contribution in [1.82, 2.24) is 5.32 Å². The number of methoxy groups -OCH3 is 1. The second-order valence-corrected chi connectivity index (χ2v) is 6.10. The van der Waals surface area contributed by atoms with Crippen LogP contribution in [0.1, 0.15) is 29.8 Å². The fourth-order valence-corrected chi connectivity index (χ4v) is 2.86. The number of aryl methyl sites for hydroxylation is 1. The molecule has 0 saturated heterocycles. The van der Waals surface area contributed by atoms with E-state index in [4.69, 9.17) is 4.74 Å². The highest BCUT2D eigenvalue weighted by Gasteiger charge is 2.13. The molecule has 0 aromatic heterocycles. The number of carbonyl (C=O) groups is 2. The van der Waals surface area contributed by atoms with Crippen molar-refractivity contribution >= 4 is 23.2 Å². The van der Waals surface area contributed by atoms with Gasteiger partial charge in [0, 0.05) is 24.5 Å². The molecule has 6 heteroatoms. The van der Waals surface area contributed by atoms with Gasteiger partial charge in [-0.3, -0.25) is 9.59 Å². The monoisotopic (exact) mass is 369 g/mol. The third-order valence-corrected chi connectivity index (χ3v) is 4.37. The van der Waals surface area contributed by atoms with Gasteiger partial charge in [0.2, 0.25) is 5.91 Å². The SMILES string of the molecule is CCN(CC)c1ccc(NC(=O)CNC(=O)c2ccccc2OC)c(C)c1. The molecular weight excluding hydrogens is 342 g/mol. The molecular formula is C21H27N3O3. The molecule has 2 aromatic rings. The van der Waals surface area contributed by atoms with E-state index in [2.05, 4.69) is 35.4 Å². The van der Waals surface area contributed by atoms with Gasteiger partial charge in [0.1, 0.15) is 5.75 Å². The minimum Gasteiger partial charge on any atom is -0.496 e. The van der Waals surface area contributed by atoms with Crippen molar-refractivity contribution in [3.05, 3.63) is 53.6 Å². The number of hydrogen-bond donors (Lipinski definition) is 2. The highest BCUT2D eigenvalue weighted by molar-refractivity contribution is 6.01. The minimum absolute atomic E-state index is 0.117. The summed E-state index contributed by atoms with van der Waals surface area (Å²) in [6, 6.07) is 12.8. The van der Waals surface area contributed by atoms with E-state index in [9.17, 15) is 9.59 Å². The second-order valence-electron chi connectivity index (χ2n) is 6.10. The fourth-order valence-electron chi connectivity index (χ4n) is 2.86. The van der Waals surface area contributed by atoms with E-state index in [-0.39, 0.29) is 18.4 Å². The Kier molecular flexibility index (Phi) is 7.23. The van der Waals surface area contributed by atoms with Crippen LogP contribution in [0.2, 0.25) is 0 Å². The zero-order valence-electron chi connectivity index (χ0n) is 16.3. The van der Waals surface area contributed by atoms with Gasteiger partial charge in [-0.15, -0.1) is 0 Å². The molecule has 0 spiro atoms. The lowest BCUT2D eigenvalue weighted by molar-refractivity contribution is -0.115. The Morgan fingerprint density at radius 2 is 1.78 bits per heavy atom. The molecule has 0 radical (unpaired) electrons. The van der Waals surface area contributed by atoms with Crippen LogP contribution < -0.4 is 20.3 Å². The lowest BCUT2D eigenvalue weighted by Crippen LogP contribution is -2.33. The van der Waals surface area contributed by atoms with Crippen LogP contribution in [0.5, 0.6) is 5.75 Å². The van der Waals surface area contributed by atoms with Crippen molar-refractivity contribution in [2.45, 2.75) is 20.8 Å². The molecule has 0 aliphatic rings. The van der Waals surface area contributed by atoms with Gasteiger partial charge in [-0.1, -0.05) is 12.1 Å². The molecule has 0 fully saturated rings. The van der Waals surface area contributed by atoms with E-state index >= 15 is 0 Å². The maximum absolute atomic E-state index is 12.3. The highest BCUT2D eigenvalue weighted by Crippen LogP contribution is 2.22. The number of nitrogens with zero attached hydrogens (tertiary/aromatic N) is 1. The van der Waals surface area contributed by atoms with Gasteiger partial charge in [0.05, 0.1) is 19.2 Å². The van der Waals surface area contributed by atoms with E-state index < -0.39 is 0 Å². The van der Waals surface area contributed by atoms with Crippen LogP contribution in [0.3, 0.4) is 0 Å². The zero-order chi connectivity index (χ0) is 19.8. The highest BCUT2D eigenvalue weighted by atomic mass is 16.5. The maximum atomic E-state index is 12.3. The van der Waals surface area contributed by atoms with Crippen molar-refractivity contribution in [1.29, 1.82) is 0 Å².